The number of esters is 3. The quantitative estimate of drug-likeness (QED) is 0.0261. The second kappa shape index (κ2) is 66.8. The van der Waals surface area contributed by atoms with E-state index in [1.165, 1.54) is 70.6 Å². The number of unbranched alkanes of at least 4 members (excludes halogenated alkanes) is 23. The number of hydrogen-bond acceptors (Lipinski definition) is 6. The topological polar surface area (TPSA) is 78.9 Å². The lowest BCUT2D eigenvalue weighted by molar-refractivity contribution is -0.167. The van der Waals surface area contributed by atoms with E-state index in [9.17, 15) is 14.4 Å². The van der Waals surface area contributed by atoms with Gasteiger partial charge in [-0.2, -0.15) is 0 Å². The first-order chi connectivity index (χ1) is 39.5. The van der Waals surface area contributed by atoms with Crippen LogP contribution in [0.4, 0.5) is 0 Å². The standard InChI is InChI=1S/C74H120O6/c1-4-7-10-13-16-19-22-25-28-29-30-31-32-33-34-35-36-37-38-39-40-41-42-43-44-45-47-49-52-55-58-61-64-67-73(76)79-70-71(69-78-72(75)66-63-60-57-54-51-48-27-24-21-18-15-12-9-6-3)80-74(77)68-65-62-59-56-53-50-46-26-23-20-17-14-11-8-5-2/h7-8,10-11,16-17,19-20,25-26,28,30-31,33-34,36-37,39-40,42-43,45-47,71H,4-6,9,12-15,18,21-24,27,29,32,35,38,41,44,48-70H2,1-3H3/b10-7-,11-8-,19-16-,20-17-,28-25-,31-30-,34-33-,37-36-,40-39-,43-42-,46-26-,47-45-. The van der Waals surface area contributed by atoms with Crippen molar-refractivity contribution in [1.82, 2.24) is 0 Å². The van der Waals surface area contributed by atoms with E-state index in [0.29, 0.717) is 19.3 Å². The zero-order chi connectivity index (χ0) is 57.8. The van der Waals surface area contributed by atoms with Gasteiger partial charge in [-0.25, -0.2) is 0 Å². The zero-order valence-corrected chi connectivity index (χ0v) is 51.8. The summed E-state index contributed by atoms with van der Waals surface area (Å²) in [5.41, 5.74) is 0. The summed E-state index contributed by atoms with van der Waals surface area (Å²) in [6.07, 6.45) is 95.7. The molecule has 1 unspecified atom stereocenters. The molecule has 0 aromatic carbocycles. The maximum absolute atomic E-state index is 12.9. The molecule has 80 heavy (non-hydrogen) atoms. The van der Waals surface area contributed by atoms with Crippen LogP contribution in [0.3, 0.4) is 0 Å². The fourth-order valence-corrected chi connectivity index (χ4v) is 8.74. The summed E-state index contributed by atoms with van der Waals surface area (Å²) in [5, 5.41) is 0. The number of allylic oxidation sites excluding steroid dienone is 24. The normalized spacial score (nSPS) is 13.1. The molecule has 0 aliphatic rings. The van der Waals surface area contributed by atoms with Crippen molar-refractivity contribution >= 4 is 17.9 Å². The lowest BCUT2D eigenvalue weighted by atomic mass is 10.0. The number of hydrogen-bond donors (Lipinski definition) is 0. The molecule has 0 aromatic heterocycles. The summed E-state index contributed by atoms with van der Waals surface area (Å²) in [6.45, 7) is 6.39. The van der Waals surface area contributed by atoms with Gasteiger partial charge in [0.2, 0.25) is 0 Å². The van der Waals surface area contributed by atoms with Crippen LogP contribution in [0.25, 0.3) is 0 Å². The SMILES string of the molecule is CC/C=C\C/C=C\C/C=C\C/C=C\C/C=C\C/C=C\C/C=C\C/C=C\C/C=C\CCCCCCCC(=O)OCC(COC(=O)CCCCCCCCCCCCCCCC)OC(=O)CCCCCCC/C=C\C/C=C\C/C=C\CC. The van der Waals surface area contributed by atoms with Gasteiger partial charge in [0.1, 0.15) is 13.2 Å². The van der Waals surface area contributed by atoms with Gasteiger partial charge in [-0.15, -0.1) is 0 Å². The molecule has 0 heterocycles. The predicted molar refractivity (Wildman–Crippen MR) is 348 cm³/mol. The van der Waals surface area contributed by atoms with Crippen LogP contribution < -0.4 is 0 Å². The van der Waals surface area contributed by atoms with E-state index in [2.05, 4.69) is 167 Å². The van der Waals surface area contributed by atoms with Crippen molar-refractivity contribution in [3.8, 4) is 0 Å². The van der Waals surface area contributed by atoms with E-state index in [1.807, 2.05) is 0 Å². The lowest BCUT2D eigenvalue weighted by Gasteiger charge is -2.18. The largest absolute Gasteiger partial charge is 0.462 e. The van der Waals surface area contributed by atoms with Crippen molar-refractivity contribution in [3.05, 3.63) is 146 Å². The Morgan fingerprint density at radius 1 is 0.263 bits per heavy atom. The minimum Gasteiger partial charge on any atom is -0.462 e. The Balaban J connectivity index is 4.34. The molecule has 0 rings (SSSR count). The van der Waals surface area contributed by atoms with Crippen LogP contribution in [0.2, 0.25) is 0 Å². The lowest BCUT2D eigenvalue weighted by Crippen LogP contribution is -2.30. The van der Waals surface area contributed by atoms with Crippen LogP contribution in [0.1, 0.15) is 284 Å². The van der Waals surface area contributed by atoms with Crippen molar-refractivity contribution in [3.63, 3.8) is 0 Å². The monoisotopic (exact) mass is 1100 g/mol. The maximum Gasteiger partial charge on any atom is 0.306 e. The molecule has 0 bridgehead atoms. The van der Waals surface area contributed by atoms with Gasteiger partial charge in [-0.1, -0.05) is 289 Å². The molecule has 0 saturated heterocycles. The molecule has 0 aliphatic heterocycles. The second-order valence-corrected chi connectivity index (χ2v) is 21.3. The fourth-order valence-electron chi connectivity index (χ4n) is 8.74. The Bertz CT molecular complexity index is 1750. The predicted octanol–water partition coefficient (Wildman–Crippen LogP) is 22.7. The van der Waals surface area contributed by atoms with Crippen LogP contribution in [-0.2, 0) is 28.6 Å². The van der Waals surface area contributed by atoms with Gasteiger partial charge in [0.15, 0.2) is 6.10 Å². The van der Waals surface area contributed by atoms with E-state index < -0.39 is 6.10 Å². The number of carbonyl (C=O) groups is 3. The molecule has 0 spiro atoms. The molecule has 0 N–H and O–H groups in total. The molecule has 6 heteroatoms. The number of rotatable bonds is 58. The van der Waals surface area contributed by atoms with Crippen LogP contribution in [0, 0.1) is 0 Å². The summed E-state index contributed by atoms with van der Waals surface area (Å²) < 4.78 is 16.9. The van der Waals surface area contributed by atoms with Crippen molar-refractivity contribution in [2.75, 3.05) is 13.2 Å². The van der Waals surface area contributed by atoms with Crippen molar-refractivity contribution in [2.24, 2.45) is 0 Å². The van der Waals surface area contributed by atoms with Gasteiger partial charge < -0.3 is 14.2 Å². The molecular formula is C74H120O6. The molecule has 1 atom stereocenters. The Morgan fingerprint density at radius 2 is 0.487 bits per heavy atom. The van der Waals surface area contributed by atoms with Crippen molar-refractivity contribution in [1.29, 1.82) is 0 Å². The van der Waals surface area contributed by atoms with Gasteiger partial charge in [0.25, 0.3) is 0 Å². The third-order valence-corrected chi connectivity index (χ3v) is 13.6. The highest BCUT2D eigenvalue weighted by atomic mass is 16.6. The number of carbonyl (C=O) groups excluding carboxylic acids is 3. The van der Waals surface area contributed by atoms with Crippen LogP contribution in [0.15, 0.2) is 146 Å². The third kappa shape index (κ3) is 64.1. The molecule has 0 aliphatic carbocycles. The summed E-state index contributed by atoms with van der Waals surface area (Å²) in [7, 11) is 0. The van der Waals surface area contributed by atoms with E-state index in [4.69, 9.17) is 14.2 Å². The van der Waals surface area contributed by atoms with Crippen LogP contribution in [0.5, 0.6) is 0 Å². The van der Waals surface area contributed by atoms with Gasteiger partial charge in [-0.3, -0.25) is 14.4 Å². The highest BCUT2D eigenvalue weighted by Gasteiger charge is 2.19. The summed E-state index contributed by atoms with van der Waals surface area (Å²) in [4.78, 5) is 38.3. The summed E-state index contributed by atoms with van der Waals surface area (Å²) in [5.74, 6) is -0.928. The smallest absolute Gasteiger partial charge is 0.306 e. The average Bonchev–Trinajstić information content (AvgIpc) is 3.46. The molecule has 0 aromatic rings. The molecule has 0 amide bonds. The first-order valence-corrected chi connectivity index (χ1v) is 32.8. The minimum absolute atomic E-state index is 0.0932. The summed E-state index contributed by atoms with van der Waals surface area (Å²) in [6, 6.07) is 0. The Morgan fingerprint density at radius 3 is 0.762 bits per heavy atom. The molecule has 452 valence electrons. The molecule has 6 nitrogen and oxygen atoms in total. The highest BCUT2D eigenvalue weighted by molar-refractivity contribution is 5.71. The summed E-state index contributed by atoms with van der Waals surface area (Å²) >= 11 is 0. The van der Waals surface area contributed by atoms with Gasteiger partial charge in [0, 0.05) is 19.3 Å². The van der Waals surface area contributed by atoms with E-state index in [-0.39, 0.29) is 31.1 Å². The second-order valence-electron chi connectivity index (χ2n) is 21.3. The molecule has 0 saturated carbocycles. The number of ether oxygens (including phenoxy) is 3. The van der Waals surface area contributed by atoms with Crippen molar-refractivity contribution < 1.29 is 28.6 Å². The first kappa shape index (κ1) is 75.3. The van der Waals surface area contributed by atoms with E-state index in [0.717, 1.165) is 173 Å². The Kier molecular flexibility index (Phi) is 62.9. The highest BCUT2D eigenvalue weighted by Crippen LogP contribution is 2.15. The van der Waals surface area contributed by atoms with Crippen LogP contribution >= 0.6 is 0 Å². The van der Waals surface area contributed by atoms with Gasteiger partial charge in [0.05, 0.1) is 0 Å². The van der Waals surface area contributed by atoms with Gasteiger partial charge >= 0.3 is 17.9 Å². The molecular weight excluding hydrogens is 985 g/mol. The van der Waals surface area contributed by atoms with Crippen LogP contribution in [-0.4, -0.2) is 37.2 Å². The fraction of sp³-hybridized carbons (Fsp3) is 0.635. The molecule has 0 radical (unpaired) electrons. The third-order valence-electron chi connectivity index (χ3n) is 13.6. The zero-order valence-electron chi connectivity index (χ0n) is 51.8. The first-order valence-electron chi connectivity index (χ1n) is 32.8. The van der Waals surface area contributed by atoms with Crippen molar-refractivity contribution in [2.45, 2.75) is 290 Å². The Labute approximate surface area is 493 Å². The average molecular weight is 1110 g/mol. The van der Waals surface area contributed by atoms with Gasteiger partial charge in [-0.05, 0) is 122 Å². The van der Waals surface area contributed by atoms with E-state index >= 15 is 0 Å². The molecule has 0 fully saturated rings. The Hall–Kier alpha value is -4.71. The maximum atomic E-state index is 12.9. The minimum atomic E-state index is -0.800. The van der Waals surface area contributed by atoms with E-state index in [1.54, 1.807) is 0 Å².